The number of nitrogens with zero attached hydrogens (tertiary/aromatic N) is 2. The van der Waals surface area contributed by atoms with Gasteiger partial charge in [0.25, 0.3) is 5.91 Å². The van der Waals surface area contributed by atoms with Gasteiger partial charge in [-0.2, -0.15) is 0 Å². The molecule has 6 nitrogen and oxygen atoms in total. The van der Waals surface area contributed by atoms with Crippen molar-refractivity contribution in [2.45, 2.75) is 50.6 Å². The summed E-state index contributed by atoms with van der Waals surface area (Å²) in [5.41, 5.74) is 0.114. The summed E-state index contributed by atoms with van der Waals surface area (Å²) in [6.45, 7) is 4.17. The standard InChI is InChI=1S/C23H31F2N3O3/c24-20-4-3-17(15-21(20)25)22(29)26-9-12-28(19-7-13-31-14-8-19)18-5-10-27(11-6-18)23(30)16-1-2-16/h3-4,15-16,18-19H,1-2,5-14H2,(H,26,29). The molecule has 3 fully saturated rings. The van der Waals surface area contributed by atoms with Crippen LogP contribution in [0.3, 0.4) is 0 Å². The lowest BCUT2D eigenvalue weighted by molar-refractivity contribution is -0.134. The summed E-state index contributed by atoms with van der Waals surface area (Å²) in [5.74, 6) is -1.82. The van der Waals surface area contributed by atoms with Crippen LogP contribution < -0.4 is 5.32 Å². The number of benzene rings is 1. The number of carbonyl (C=O) groups is 2. The number of rotatable bonds is 7. The van der Waals surface area contributed by atoms with E-state index in [0.717, 1.165) is 77.0 Å². The molecule has 1 aliphatic carbocycles. The SMILES string of the molecule is O=C(NCCN(C1CCOCC1)C1CCN(C(=O)C2CC2)CC1)c1ccc(F)c(F)c1. The summed E-state index contributed by atoms with van der Waals surface area (Å²) in [5, 5.41) is 2.84. The lowest BCUT2D eigenvalue weighted by Gasteiger charge is -2.43. The van der Waals surface area contributed by atoms with E-state index in [-0.39, 0.29) is 11.5 Å². The number of carbonyl (C=O) groups excluding carboxylic acids is 2. The Balaban J connectivity index is 1.32. The smallest absolute Gasteiger partial charge is 0.251 e. The number of likely N-dealkylation sites (tertiary alicyclic amines) is 1. The van der Waals surface area contributed by atoms with Gasteiger partial charge >= 0.3 is 0 Å². The molecule has 0 aromatic heterocycles. The highest BCUT2D eigenvalue weighted by atomic mass is 19.2. The van der Waals surface area contributed by atoms with Crippen molar-refractivity contribution >= 4 is 11.8 Å². The second-order valence-corrected chi connectivity index (χ2v) is 8.80. The van der Waals surface area contributed by atoms with Gasteiger partial charge in [-0.1, -0.05) is 0 Å². The first-order chi connectivity index (χ1) is 15.0. The number of amides is 2. The number of nitrogens with one attached hydrogen (secondary N) is 1. The number of piperidine rings is 1. The minimum atomic E-state index is -1.02. The van der Waals surface area contributed by atoms with E-state index in [9.17, 15) is 18.4 Å². The molecule has 31 heavy (non-hydrogen) atoms. The molecule has 3 aliphatic rings. The zero-order chi connectivity index (χ0) is 21.8. The minimum absolute atomic E-state index is 0.114. The third kappa shape index (κ3) is 5.60. The maximum absolute atomic E-state index is 13.4. The van der Waals surface area contributed by atoms with E-state index in [4.69, 9.17) is 4.74 Å². The normalized spacial score (nSPS) is 20.8. The molecule has 0 unspecified atom stereocenters. The van der Waals surface area contributed by atoms with Crippen LogP contribution in [0.5, 0.6) is 0 Å². The highest BCUT2D eigenvalue weighted by molar-refractivity contribution is 5.94. The summed E-state index contributed by atoms with van der Waals surface area (Å²) in [4.78, 5) is 29.2. The maximum atomic E-state index is 13.4. The third-order valence-electron chi connectivity index (χ3n) is 6.67. The zero-order valence-electron chi connectivity index (χ0n) is 17.8. The van der Waals surface area contributed by atoms with Gasteiger partial charge in [-0.3, -0.25) is 14.5 Å². The van der Waals surface area contributed by atoms with Gasteiger partial charge in [0.05, 0.1) is 0 Å². The summed E-state index contributed by atoms with van der Waals surface area (Å²) in [6.07, 6.45) is 5.85. The van der Waals surface area contributed by atoms with Crippen LogP contribution in [0.2, 0.25) is 0 Å². The van der Waals surface area contributed by atoms with Gasteiger partial charge in [-0.25, -0.2) is 8.78 Å². The van der Waals surface area contributed by atoms with Gasteiger partial charge in [0.15, 0.2) is 11.6 Å². The van der Waals surface area contributed by atoms with Crippen LogP contribution in [-0.4, -0.2) is 73.1 Å². The highest BCUT2D eigenvalue weighted by Crippen LogP contribution is 2.32. The fourth-order valence-corrected chi connectivity index (χ4v) is 4.72. The lowest BCUT2D eigenvalue weighted by atomic mass is 9.97. The van der Waals surface area contributed by atoms with Gasteiger partial charge in [0.2, 0.25) is 5.91 Å². The van der Waals surface area contributed by atoms with Gasteiger partial charge in [0.1, 0.15) is 0 Å². The molecule has 1 saturated carbocycles. The molecular weight excluding hydrogens is 404 g/mol. The Kier molecular flexibility index (Phi) is 7.17. The van der Waals surface area contributed by atoms with Crippen molar-refractivity contribution in [2.24, 2.45) is 5.92 Å². The molecule has 2 aliphatic heterocycles. The fourth-order valence-electron chi connectivity index (χ4n) is 4.72. The van der Waals surface area contributed by atoms with Crippen LogP contribution in [0.4, 0.5) is 8.78 Å². The number of hydrogen-bond acceptors (Lipinski definition) is 4. The quantitative estimate of drug-likeness (QED) is 0.715. The molecule has 0 atom stereocenters. The molecule has 0 bridgehead atoms. The van der Waals surface area contributed by atoms with Crippen molar-refractivity contribution in [2.75, 3.05) is 39.4 Å². The Hall–Kier alpha value is -2.06. The first-order valence-corrected chi connectivity index (χ1v) is 11.4. The fraction of sp³-hybridized carbons (Fsp3) is 0.652. The largest absolute Gasteiger partial charge is 0.381 e. The van der Waals surface area contributed by atoms with Crippen LogP contribution in [0.15, 0.2) is 18.2 Å². The van der Waals surface area contributed by atoms with E-state index >= 15 is 0 Å². The van der Waals surface area contributed by atoms with Gasteiger partial charge in [-0.15, -0.1) is 0 Å². The van der Waals surface area contributed by atoms with E-state index in [1.54, 1.807) is 0 Å². The minimum Gasteiger partial charge on any atom is -0.381 e. The van der Waals surface area contributed by atoms with E-state index in [0.29, 0.717) is 31.1 Å². The van der Waals surface area contributed by atoms with Gasteiger partial charge in [0, 0.05) is 63.0 Å². The Morgan fingerprint density at radius 3 is 2.32 bits per heavy atom. The molecule has 2 saturated heterocycles. The second kappa shape index (κ2) is 10.0. The van der Waals surface area contributed by atoms with Crippen molar-refractivity contribution < 1.29 is 23.1 Å². The maximum Gasteiger partial charge on any atom is 0.251 e. The molecule has 2 amide bonds. The van der Waals surface area contributed by atoms with Crippen molar-refractivity contribution in [3.05, 3.63) is 35.4 Å². The Bertz CT molecular complexity index is 788. The van der Waals surface area contributed by atoms with Crippen molar-refractivity contribution in [3.63, 3.8) is 0 Å². The van der Waals surface area contributed by atoms with E-state index in [1.807, 2.05) is 4.90 Å². The lowest BCUT2D eigenvalue weighted by Crippen LogP contribution is -2.53. The third-order valence-corrected chi connectivity index (χ3v) is 6.67. The van der Waals surface area contributed by atoms with Crippen LogP contribution in [0.1, 0.15) is 48.9 Å². The zero-order valence-corrected chi connectivity index (χ0v) is 17.8. The van der Waals surface area contributed by atoms with Crippen LogP contribution in [0.25, 0.3) is 0 Å². The van der Waals surface area contributed by atoms with Crippen molar-refractivity contribution in [1.82, 2.24) is 15.1 Å². The number of hydrogen-bond donors (Lipinski definition) is 1. The van der Waals surface area contributed by atoms with Crippen molar-refractivity contribution in [3.8, 4) is 0 Å². The Morgan fingerprint density at radius 2 is 1.68 bits per heavy atom. The van der Waals surface area contributed by atoms with Crippen LogP contribution in [0, 0.1) is 17.6 Å². The molecule has 1 N–H and O–H groups in total. The second-order valence-electron chi connectivity index (χ2n) is 8.80. The molecule has 2 heterocycles. The molecular formula is C23H31F2N3O3. The number of ether oxygens (including phenoxy) is 1. The molecule has 0 spiro atoms. The Labute approximate surface area is 181 Å². The van der Waals surface area contributed by atoms with E-state index in [1.165, 1.54) is 6.07 Å². The predicted octanol–water partition coefficient (Wildman–Crippen LogP) is 2.58. The van der Waals surface area contributed by atoms with Crippen LogP contribution >= 0.6 is 0 Å². The monoisotopic (exact) mass is 435 g/mol. The molecule has 1 aromatic rings. The molecule has 4 rings (SSSR count). The molecule has 170 valence electrons. The molecule has 0 radical (unpaired) electrons. The molecule has 1 aromatic carbocycles. The first-order valence-electron chi connectivity index (χ1n) is 11.4. The number of halogens is 2. The first kappa shape index (κ1) is 22.1. The van der Waals surface area contributed by atoms with Crippen molar-refractivity contribution in [1.29, 1.82) is 0 Å². The van der Waals surface area contributed by atoms with E-state index in [2.05, 4.69) is 10.2 Å². The van der Waals surface area contributed by atoms with Gasteiger partial charge in [-0.05, 0) is 56.7 Å². The summed E-state index contributed by atoms with van der Waals surface area (Å²) < 4.78 is 32.0. The van der Waals surface area contributed by atoms with E-state index < -0.39 is 17.5 Å². The summed E-state index contributed by atoms with van der Waals surface area (Å²) >= 11 is 0. The summed E-state index contributed by atoms with van der Waals surface area (Å²) in [6, 6.07) is 3.94. The average Bonchev–Trinajstić information content (AvgIpc) is 3.64. The summed E-state index contributed by atoms with van der Waals surface area (Å²) in [7, 11) is 0. The highest BCUT2D eigenvalue weighted by Gasteiger charge is 2.37. The van der Waals surface area contributed by atoms with Crippen LogP contribution in [-0.2, 0) is 9.53 Å². The van der Waals surface area contributed by atoms with Gasteiger partial charge < -0.3 is 15.0 Å². The topological polar surface area (TPSA) is 61.9 Å². The molecule has 8 heteroatoms. The average molecular weight is 436 g/mol. The Morgan fingerprint density at radius 1 is 1.00 bits per heavy atom. The predicted molar refractivity (Wildman–Crippen MR) is 112 cm³/mol.